The van der Waals surface area contributed by atoms with Crippen molar-refractivity contribution in [2.24, 2.45) is 5.73 Å². The molecule has 0 aromatic carbocycles. The van der Waals surface area contributed by atoms with Gasteiger partial charge in [0, 0.05) is 45.8 Å². The van der Waals surface area contributed by atoms with E-state index in [1.807, 2.05) is 0 Å². The molecule has 0 radical (unpaired) electrons. The Hall–Kier alpha value is -0.200. The monoisotopic (exact) mass is 288 g/mol. The molecular weight excluding hydrogens is 256 g/mol. The van der Waals surface area contributed by atoms with Crippen molar-refractivity contribution in [2.45, 2.75) is 64.1 Å². The molecule has 1 aliphatic rings. The zero-order valence-corrected chi connectivity index (χ0v) is 14.2. The molecule has 1 saturated heterocycles. The first-order valence-electron chi connectivity index (χ1n) is 7.28. The minimum atomic E-state index is -0.238. The van der Waals surface area contributed by atoms with E-state index in [2.05, 4.69) is 39.5 Å². The molecule has 1 atom stereocenters. The van der Waals surface area contributed by atoms with Crippen molar-refractivity contribution in [3.8, 4) is 0 Å². The highest BCUT2D eigenvalue weighted by Gasteiger charge is 2.45. The van der Waals surface area contributed by atoms with Crippen LogP contribution >= 0.6 is 0 Å². The molecule has 0 bridgehead atoms. The van der Waals surface area contributed by atoms with Crippen LogP contribution in [-0.4, -0.2) is 61.8 Å². The Morgan fingerprint density at radius 2 is 1.60 bits per heavy atom. The largest absolute Gasteiger partial charge is 0.367 e. The highest BCUT2D eigenvalue weighted by Crippen LogP contribution is 2.34. The Bertz CT molecular complexity index is 300. The maximum Gasteiger partial charge on any atom is 0.158 e. The van der Waals surface area contributed by atoms with Crippen LogP contribution in [0.1, 0.15) is 41.0 Å². The molecule has 0 aromatic rings. The summed E-state index contributed by atoms with van der Waals surface area (Å²) in [6, 6.07) is 0. The van der Waals surface area contributed by atoms with Gasteiger partial charge in [-0.25, -0.2) is 0 Å². The summed E-state index contributed by atoms with van der Waals surface area (Å²) in [6.07, 6.45) is 0.500. The van der Waals surface area contributed by atoms with Crippen LogP contribution in [-0.2, 0) is 14.2 Å². The summed E-state index contributed by atoms with van der Waals surface area (Å²) in [5.41, 5.74) is 5.53. The molecule has 0 aromatic heterocycles. The normalized spacial score (nSPS) is 25.6. The molecule has 1 fully saturated rings. The average Bonchev–Trinajstić information content (AvgIpc) is 2.31. The van der Waals surface area contributed by atoms with E-state index in [1.54, 1.807) is 14.2 Å². The van der Waals surface area contributed by atoms with E-state index in [1.165, 1.54) is 0 Å². The summed E-state index contributed by atoms with van der Waals surface area (Å²) < 4.78 is 16.9. The number of hydrogen-bond acceptors (Lipinski definition) is 5. The fraction of sp³-hybridized carbons (Fsp3) is 1.00. The van der Waals surface area contributed by atoms with Gasteiger partial charge in [-0.2, -0.15) is 0 Å². The van der Waals surface area contributed by atoms with Gasteiger partial charge in [-0.05, 0) is 34.6 Å². The third-order valence-electron chi connectivity index (χ3n) is 4.03. The predicted octanol–water partition coefficient (Wildman–Crippen LogP) is 1.60. The van der Waals surface area contributed by atoms with E-state index >= 15 is 0 Å². The molecule has 5 nitrogen and oxygen atoms in total. The molecule has 0 amide bonds. The molecule has 1 heterocycles. The molecular formula is C15H32N2O3. The van der Waals surface area contributed by atoms with Crippen LogP contribution < -0.4 is 5.73 Å². The summed E-state index contributed by atoms with van der Waals surface area (Å²) in [5, 5.41) is 0. The topological polar surface area (TPSA) is 57.0 Å². The highest BCUT2D eigenvalue weighted by molar-refractivity contribution is 4.98. The van der Waals surface area contributed by atoms with Gasteiger partial charge in [-0.3, -0.25) is 4.90 Å². The van der Waals surface area contributed by atoms with Crippen LogP contribution in [0.2, 0.25) is 0 Å². The Morgan fingerprint density at radius 1 is 1.15 bits per heavy atom. The van der Waals surface area contributed by atoms with Gasteiger partial charge in [0.25, 0.3) is 0 Å². The second-order valence-electron chi connectivity index (χ2n) is 7.28. The van der Waals surface area contributed by atoms with Crippen molar-refractivity contribution in [1.29, 1.82) is 0 Å². The van der Waals surface area contributed by atoms with Crippen LogP contribution in [0.3, 0.4) is 0 Å². The van der Waals surface area contributed by atoms with Gasteiger partial charge in [-0.15, -0.1) is 0 Å². The van der Waals surface area contributed by atoms with Gasteiger partial charge in [0.1, 0.15) is 0 Å². The molecule has 5 heteroatoms. The Morgan fingerprint density at radius 3 is 1.95 bits per heavy atom. The van der Waals surface area contributed by atoms with Gasteiger partial charge in [0.15, 0.2) is 6.29 Å². The van der Waals surface area contributed by atoms with Gasteiger partial charge in [-0.1, -0.05) is 0 Å². The molecule has 1 rings (SSSR count). The van der Waals surface area contributed by atoms with Crippen molar-refractivity contribution in [3.05, 3.63) is 0 Å². The first-order chi connectivity index (χ1) is 9.07. The first kappa shape index (κ1) is 17.9. The van der Waals surface area contributed by atoms with Crippen LogP contribution in [0.5, 0.6) is 0 Å². The first-order valence-corrected chi connectivity index (χ1v) is 7.28. The van der Waals surface area contributed by atoms with Gasteiger partial charge in [0.2, 0.25) is 0 Å². The molecule has 0 aliphatic carbocycles. The molecule has 0 saturated carbocycles. The fourth-order valence-electron chi connectivity index (χ4n) is 3.13. The smallest absolute Gasteiger partial charge is 0.158 e. The molecule has 20 heavy (non-hydrogen) atoms. The lowest BCUT2D eigenvalue weighted by molar-refractivity contribution is -0.207. The third kappa shape index (κ3) is 4.40. The van der Waals surface area contributed by atoms with Crippen LogP contribution in [0, 0.1) is 0 Å². The summed E-state index contributed by atoms with van der Waals surface area (Å²) in [6.45, 7) is 12.9. The predicted molar refractivity (Wildman–Crippen MR) is 80.7 cm³/mol. The fourth-order valence-corrected chi connectivity index (χ4v) is 3.13. The number of methoxy groups -OCH3 is 2. The van der Waals surface area contributed by atoms with Crippen molar-refractivity contribution in [2.75, 3.05) is 33.9 Å². The lowest BCUT2D eigenvalue weighted by Gasteiger charge is -2.53. The highest BCUT2D eigenvalue weighted by atomic mass is 16.7. The zero-order valence-electron chi connectivity index (χ0n) is 14.2. The van der Waals surface area contributed by atoms with E-state index in [-0.39, 0.29) is 23.0 Å². The van der Waals surface area contributed by atoms with E-state index < -0.39 is 0 Å². The SMILES string of the molecule is COC(CC(C)(CN)N1CC(C)(C)OC(C)(C)C1)OC. The summed E-state index contributed by atoms with van der Waals surface area (Å²) in [5.74, 6) is 0. The van der Waals surface area contributed by atoms with E-state index in [9.17, 15) is 0 Å². The quantitative estimate of drug-likeness (QED) is 0.752. The van der Waals surface area contributed by atoms with Gasteiger partial charge < -0.3 is 19.9 Å². The van der Waals surface area contributed by atoms with E-state index in [4.69, 9.17) is 19.9 Å². The van der Waals surface area contributed by atoms with E-state index in [0.29, 0.717) is 6.54 Å². The maximum absolute atomic E-state index is 6.14. The molecule has 1 unspecified atom stereocenters. The Balaban J connectivity index is 2.92. The van der Waals surface area contributed by atoms with Crippen LogP contribution in [0.4, 0.5) is 0 Å². The number of nitrogens with two attached hydrogens (primary N) is 1. The summed E-state index contributed by atoms with van der Waals surface area (Å²) in [7, 11) is 3.33. The average molecular weight is 288 g/mol. The summed E-state index contributed by atoms with van der Waals surface area (Å²) in [4.78, 5) is 2.42. The maximum atomic E-state index is 6.14. The van der Waals surface area contributed by atoms with Crippen molar-refractivity contribution in [1.82, 2.24) is 4.90 Å². The van der Waals surface area contributed by atoms with Gasteiger partial charge in [0.05, 0.1) is 11.2 Å². The second kappa shape index (κ2) is 6.28. The lowest BCUT2D eigenvalue weighted by atomic mass is 9.88. The second-order valence-corrected chi connectivity index (χ2v) is 7.28. The number of morpholine rings is 1. The van der Waals surface area contributed by atoms with Crippen molar-refractivity contribution in [3.63, 3.8) is 0 Å². The third-order valence-corrected chi connectivity index (χ3v) is 4.03. The minimum Gasteiger partial charge on any atom is -0.367 e. The minimum absolute atomic E-state index is 0.172. The molecule has 0 spiro atoms. The molecule has 120 valence electrons. The Labute approximate surface area is 123 Å². The van der Waals surface area contributed by atoms with Crippen molar-refractivity contribution < 1.29 is 14.2 Å². The van der Waals surface area contributed by atoms with Crippen molar-refractivity contribution >= 4 is 0 Å². The number of hydrogen-bond donors (Lipinski definition) is 1. The molecule has 2 N–H and O–H groups in total. The number of rotatable bonds is 6. The van der Waals surface area contributed by atoms with Gasteiger partial charge >= 0.3 is 0 Å². The summed E-state index contributed by atoms with van der Waals surface area (Å²) >= 11 is 0. The number of ether oxygens (including phenoxy) is 3. The Kier molecular flexibility index (Phi) is 5.60. The van der Waals surface area contributed by atoms with Crippen LogP contribution in [0.15, 0.2) is 0 Å². The van der Waals surface area contributed by atoms with Crippen LogP contribution in [0.25, 0.3) is 0 Å². The standard InChI is InChI=1S/C15H32N2O3/c1-13(2)10-17(11-14(3,4)20-13)15(5,9-16)8-12(18-6)19-7/h12H,8-11,16H2,1-7H3. The molecule has 1 aliphatic heterocycles. The number of nitrogens with zero attached hydrogens (tertiary/aromatic N) is 1. The zero-order chi connectivity index (χ0) is 15.6. The lowest BCUT2D eigenvalue weighted by Crippen LogP contribution is -2.65. The van der Waals surface area contributed by atoms with E-state index in [0.717, 1.165) is 19.5 Å².